The summed E-state index contributed by atoms with van der Waals surface area (Å²) in [6.07, 6.45) is 1.42. The average molecular weight is 270 g/mol. The summed E-state index contributed by atoms with van der Waals surface area (Å²) in [6, 6.07) is 1.59. The largest absolute Gasteiger partial charge is 1.00 e. The Morgan fingerprint density at radius 2 is 2.20 bits per heavy atom. The van der Waals surface area contributed by atoms with Crippen molar-refractivity contribution in [2.45, 2.75) is 0 Å². The Hall–Kier alpha value is -0.290. The molecule has 0 amide bonds. The second-order valence-electron chi connectivity index (χ2n) is 1.62. The van der Waals surface area contributed by atoms with Crippen molar-refractivity contribution in [2.24, 2.45) is 0 Å². The van der Waals surface area contributed by atoms with Crippen molar-refractivity contribution in [1.82, 2.24) is 0 Å². The smallest absolute Gasteiger partial charge is 0.248 e. The van der Waals surface area contributed by atoms with Gasteiger partial charge in [-0.25, -0.2) is 4.98 Å². The molecule has 0 aliphatic carbocycles. The van der Waals surface area contributed by atoms with Gasteiger partial charge in [-0.3, -0.25) is 0 Å². The Balaban J connectivity index is 0.000000810. The third kappa shape index (κ3) is 2.15. The number of aromatic nitrogens is 1. The van der Waals surface area contributed by atoms with Crippen LogP contribution in [-0.2, 0) is 0 Å². The van der Waals surface area contributed by atoms with E-state index in [-0.39, 0.29) is 22.7 Å². The van der Waals surface area contributed by atoms with Gasteiger partial charge in [0.05, 0.1) is 5.69 Å². The second kappa shape index (κ2) is 3.78. The fourth-order valence-corrected chi connectivity index (χ4v) is 0.834. The predicted octanol–water partition coefficient (Wildman–Crippen LogP) is -2.44. The van der Waals surface area contributed by atoms with E-state index in [0.29, 0.717) is 5.69 Å². The highest BCUT2D eigenvalue weighted by atomic mass is 79.9. The normalized spacial score (nSPS) is 8.50. The van der Waals surface area contributed by atoms with E-state index in [1.165, 1.54) is 6.20 Å². The number of H-pyrrole nitrogens is 1. The van der Waals surface area contributed by atoms with Crippen LogP contribution in [0.4, 0.5) is 5.69 Å². The van der Waals surface area contributed by atoms with Gasteiger partial charge in [-0.2, -0.15) is 0 Å². The van der Waals surface area contributed by atoms with E-state index in [9.17, 15) is 0 Å². The lowest BCUT2D eigenvalue weighted by molar-refractivity contribution is -0.393. The van der Waals surface area contributed by atoms with Crippen LogP contribution in [0.15, 0.2) is 16.9 Å². The number of rotatable bonds is 0. The molecule has 0 atom stereocenters. The van der Waals surface area contributed by atoms with Crippen LogP contribution < -0.4 is 27.7 Å². The van der Waals surface area contributed by atoms with Crippen LogP contribution in [-0.4, -0.2) is 5.11 Å². The molecule has 0 bridgehead atoms. The highest BCUT2D eigenvalue weighted by Gasteiger charge is 2.01. The van der Waals surface area contributed by atoms with Gasteiger partial charge in [0.25, 0.3) is 0 Å². The first kappa shape index (κ1) is 9.71. The number of aromatic amines is 1. The molecule has 0 radical (unpaired) electrons. The molecule has 0 aliphatic rings. The Kier molecular flexibility index (Phi) is 3.67. The van der Waals surface area contributed by atoms with Crippen LogP contribution >= 0.6 is 15.9 Å². The maximum atomic E-state index is 8.87. The Bertz CT molecular complexity index is 229. The first-order chi connectivity index (χ1) is 4.20. The molecule has 0 saturated heterocycles. The molecule has 0 aliphatic heterocycles. The molecule has 0 fully saturated rings. The number of halogens is 2. The number of nitrogens with one attached hydrogen (secondary N) is 1. The minimum Gasteiger partial charge on any atom is -1.00 e. The van der Waals surface area contributed by atoms with Crippen LogP contribution in [0.3, 0.4) is 0 Å². The lowest BCUT2D eigenvalue weighted by Crippen LogP contribution is -3.00. The molecule has 1 aromatic rings. The molecular formula is C5H6Br2N2O. The number of anilines is 1. The van der Waals surface area contributed by atoms with E-state index in [1.807, 2.05) is 0 Å². The van der Waals surface area contributed by atoms with Crippen LogP contribution in [0.5, 0.6) is 5.75 Å². The lowest BCUT2D eigenvalue weighted by Gasteiger charge is -1.90. The van der Waals surface area contributed by atoms with Crippen LogP contribution in [0.2, 0.25) is 0 Å². The Morgan fingerprint density at radius 3 is 2.60 bits per heavy atom. The predicted molar refractivity (Wildman–Crippen MR) is 36.8 cm³/mol. The summed E-state index contributed by atoms with van der Waals surface area (Å²) in [5.41, 5.74) is 5.68. The van der Waals surface area contributed by atoms with Crippen molar-refractivity contribution in [1.29, 1.82) is 0 Å². The third-order valence-corrected chi connectivity index (χ3v) is 1.38. The van der Waals surface area contributed by atoms with Gasteiger partial charge in [0.2, 0.25) is 16.5 Å². The summed E-state index contributed by atoms with van der Waals surface area (Å²) in [7, 11) is 0. The fraction of sp³-hybridized carbons (Fsp3) is 0. The number of nitrogens with two attached hydrogens (primary N) is 1. The van der Waals surface area contributed by atoms with E-state index in [0.717, 1.165) is 4.60 Å². The van der Waals surface area contributed by atoms with Crippen molar-refractivity contribution in [2.75, 3.05) is 5.73 Å². The molecule has 4 N–H and O–H groups in total. The molecule has 1 rings (SSSR count). The number of hydrogen-bond donors (Lipinski definition) is 2. The third-order valence-electron chi connectivity index (χ3n) is 0.925. The summed E-state index contributed by atoms with van der Waals surface area (Å²) in [5.74, 6) is 0.0678. The first-order valence-corrected chi connectivity index (χ1v) is 3.15. The molecule has 0 aromatic carbocycles. The first-order valence-electron chi connectivity index (χ1n) is 2.36. The maximum Gasteiger partial charge on any atom is 0.248 e. The van der Waals surface area contributed by atoms with Crippen LogP contribution in [0.25, 0.3) is 0 Å². The van der Waals surface area contributed by atoms with E-state index >= 15 is 0 Å². The van der Waals surface area contributed by atoms with Gasteiger partial charge < -0.3 is 27.8 Å². The molecule has 3 nitrogen and oxygen atoms in total. The molecule has 10 heavy (non-hydrogen) atoms. The summed E-state index contributed by atoms with van der Waals surface area (Å²) in [4.78, 5) is 2.73. The monoisotopic (exact) mass is 268 g/mol. The topological polar surface area (TPSA) is 60.4 Å². The summed E-state index contributed by atoms with van der Waals surface area (Å²) >= 11 is 3.15. The number of aromatic hydroxyl groups is 1. The van der Waals surface area contributed by atoms with Crippen LogP contribution in [0, 0.1) is 0 Å². The minimum absolute atomic E-state index is 0. The van der Waals surface area contributed by atoms with Crippen molar-refractivity contribution < 1.29 is 27.1 Å². The summed E-state index contributed by atoms with van der Waals surface area (Å²) in [6.45, 7) is 0. The molecule has 1 heterocycles. The SMILES string of the molecule is Nc1cc(Br)[nH+]cc1O.[Br-]. The van der Waals surface area contributed by atoms with Crippen molar-refractivity contribution in [3.05, 3.63) is 16.9 Å². The quantitative estimate of drug-likeness (QED) is 0.514. The fourth-order valence-electron chi connectivity index (χ4n) is 0.473. The van der Waals surface area contributed by atoms with E-state index in [1.54, 1.807) is 6.07 Å². The van der Waals surface area contributed by atoms with Gasteiger partial charge in [0.15, 0.2) is 0 Å². The summed E-state index contributed by atoms with van der Waals surface area (Å²) < 4.78 is 0.748. The number of nitrogen functional groups attached to an aromatic ring is 1. The zero-order valence-electron chi connectivity index (χ0n) is 4.94. The van der Waals surface area contributed by atoms with E-state index < -0.39 is 0 Å². The van der Waals surface area contributed by atoms with Gasteiger partial charge >= 0.3 is 0 Å². The number of pyridine rings is 1. The highest BCUT2D eigenvalue weighted by molar-refractivity contribution is 9.10. The minimum atomic E-state index is 0. The van der Waals surface area contributed by atoms with Crippen molar-refractivity contribution in [3.63, 3.8) is 0 Å². The molecule has 0 unspecified atom stereocenters. The van der Waals surface area contributed by atoms with Gasteiger partial charge in [0.1, 0.15) is 0 Å². The van der Waals surface area contributed by atoms with Gasteiger partial charge in [-0.1, -0.05) is 0 Å². The zero-order chi connectivity index (χ0) is 6.85. The lowest BCUT2D eigenvalue weighted by atomic mass is 10.4. The van der Waals surface area contributed by atoms with Gasteiger partial charge in [-0.15, -0.1) is 0 Å². The average Bonchev–Trinajstić information content (AvgIpc) is 1.80. The molecule has 1 aromatic heterocycles. The maximum absolute atomic E-state index is 8.87. The molecular weight excluding hydrogens is 264 g/mol. The summed E-state index contributed by atoms with van der Waals surface area (Å²) in [5, 5.41) is 8.87. The second-order valence-corrected chi connectivity index (χ2v) is 2.48. The van der Waals surface area contributed by atoms with Crippen molar-refractivity contribution >= 4 is 21.6 Å². The van der Waals surface area contributed by atoms with Crippen LogP contribution in [0.1, 0.15) is 0 Å². The van der Waals surface area contributed by atoms with Gasteiger partial charge in [-0.05, 0) is 0 Å². The standard InChI is InChI=1S/C5H5BrN2O.BrH/c6-5-1-3(7)4(9)2-8-5;/h1-2,9H,(H2,7,8);1H. The highest BCUT2D eigenvalue weighted by Crippen LogP contribution is 2.17. The molecule has 0 spiro atoms. The Morgan fingerprint density at radius 1 is 1.60 bits per heavy atom. The Labute approximate surface area is 77.2 Å². The zero-order valence-corrected chi connectivity index (χ0v) is 8.11. The number of hydrogen-bond acceptors (Lipinski definition) is 2. The van der Waals surface area contributed by atoms with Gasteiger partial charge in [0, 0.05) is 22.0 Å². The molecule has 56 valence electrons. The molecule has 5 heteroatoms. The van der Waals surface area contributed by atoms with E-state index in [4.69, 9.17) is 10.8 Å². The van der Waals surface area contributed by atoms with Crippen molar-refractivity contribution in [3.8, 4) is 5.75 Å². The molecule has 0 saturated carbocycles. The van der Waals surface area contributed by atoms with E-state index in [2.05, 4.69) is 20.9 Å².